The number of ether oxygens (including phenoxy) is 1. The number of rotatable bonds is 7. The molecule has 1 aromatic carbocycles. The third-order valence-electron chi connectivity index (χ3n) is 7.92. The van der Waals surface area contributed by atoms with Gasteiger partial charge in [-0.15, -0.1) is 0 Å². The van der Waals surface area contributed by atoms with Crippen molar-refractivity contribution in [3.63, 3.8) is 0 Å². The number of carbonyl (C=O) groups is 1. The van der Waals surface area contributed by atoms with E-state index in [0.29, 0.717) is 24.5 Å². The number of aryl methyl sites for hydroxylation is 2. The highest BCUT2D eigenvalue weighted by Gasteiger charge is 2.62. The topological polar surface area (TPSA) is 92.9 Å². The molecule has 2 atom stereocenters. The Morgan fingerprint density at radius 1 is 1.24 bits per heavy atom. The van der Waals surface area contributed by atoms with Gasteiger partial charge in [-0.1, -0.05) is 18.2 Å². The number of imidazole rings is 1. The Hall–Kier alpha value is -4.08. The summed E-state index contributed by atoms with van der Waals surface area (Å²) >= 11 is 0. The van der Waals surface area contributed by atoms with Gasteiger partial charge < -0.3 is 19.1 Å². The number of benzene rings is 1. The Kier molecular flexibility index (Phi) is 5.77. The molecular weight excluding hydrogens is 492 g/mol. The van der Waals surface area contributed by atoms with Crippen LogP contribution in [0.2, 0.25) is 0 Å². The first-order chi connectivity index (χ1) is 18.2. The fourth-order valence-corrected chi connectivity index (χ4v) is 5.72. The van der Waals surface area contributed by atoms with E-state index >= 15 is 0 Å². The van der Waals surface area contributed by atoms with Crippen molar-refractivity contribution < 1.29 is 23.4 Å². The second-order valence-corrected chi connectivity index (χ2v) is 10.2. The summed E-state index contributed by atoms with van der Waals surface area (Å²) in [6.07, 6.45) is 7.43. The van der Waals surface area contributed by atoms with Crippen molar-refractivity contribution in [1.82, 2.24) is 19.4 Å². The minimum atomic E-state index is -2.90. The molecule has 1 saturated carbocycles. The largest absolute Gasteiger partial charge is 0.481 e. The van der Waals surface area contributed by atoms with Crippen LogP contribution >= 0.6 is 0 Å². The summed E-state index contributed by atoms with van der Waals surface area (Å²) < 4.78 is 32.6. The summed E-state index contributed by atoms with van der Waals surface area (Å²) in [5.41, 5.74) is 5.16. The lowest BCUT2D eigenvalue weighted by atomic mass is 9.98. The number of alkyl halides is 2. The van der Waals surface area contributed by atoms with E-state index in [-0.39, 0.29) is 11.7 Å². The van der Waals surface area contributed by atoms with Crippen molar-refractivity contribution in [2.45, 2.75) is 39.7 Å². The second kappa shape index (κ2) is 9.04. The van der Waals surface area contributed by atoms with Gasteiger partial charge in [0.1, 0.15) is 11.4 Å². The van der Waals surface area contributed by atoms with E-state index in [9.17, 15) is 18.7 Å². The van der Waals surface area contributed by atoms with Gasteiger partial charge in [-0.3, -0.25) is 4.79 Å². The average Bonchev–Trinajstić information content (AvgIpc) is 3.57. The first-order valence-corrected chi connectivity index (χ1v) is 12.6. The van der Waals surface area contributed by atoms with Gasteiger partial charge in [0.15, 0.2) is 0 Å². The zero-order valence-electron chi connectivity index (χ0n) is 21.1. The monoisotopic (exact) mass is 519 g/mol. The van der Waals surface area contributed by atoms with E-state index in [0.717, 1.165) is 53.1 Å². The molecule has 2 fully saturated rings. The summed E-state index contributed by atoms with van der Waals surface area (Å²) in [5, 5.41) is 9.67. The second-order valence-electron chi connectivity index (χ2n) is 10.2. The van der Waals surface area contributed by atoms with Crippen LogP contribution in [0.15, 0.2) is 48.9 Å². The highest BCUT2D eigenvalue weighted by atomic mass is 19.3. The lowest BCUT2D eigenvalue weighted by molar-refractivity contribution is -0.143. The fraction of sp³-hybridized carbons (Fsp3) is 0.357. The first kappa shape index (κ1) is 24.3. The maximum absolute atomic E-state index is 12.9. The van der Waals surface area contributed by atoms with Gasteiger partial charge in [-0.2, -0.15) is 8.78 Å². The number of para-hydroxylation sites is 1. The normalized spacial score (nSPS) is 20.6. The summed E-state index contributed by atoms with van der Waals surface area (Å²) in [6.45, 7) is 2.18. The number of aromatic nitrogens is 4. The average molecular weight is 520 g/mol. The number of anilines is 1. The van der Waals surface area contributed by atoms with Crippen molar-refractivity contribution >= 4 is 17.6 Å². The van der Waals surface area contributed by atoms with Crippen molar-refractivity contribution in [2.24, 2.45) is 11.3 Å². The van der Waals surface area contributed by atoms with Gasteiger partial charge in [-0.25, -0.2) is 15.0 Å². The fourth-order valence-electron chi connectivity index (χ4n) is 5.72. The van der Waals surface area contributed by atoms with Crippen LogP contribution in [0.4, 0.5) is 14.7 Å². The number of hydrogen-bond donors (Lipinski definition) is 1. The Morgan fingerprint density at radius 2 is 2.00 bits per heavy atom. The first-order valence-electron chi connectivity index (χ1n) is 12.6. The molecule has 196 valence electrons. The van der Waals surface area contributed by atoms with Gasteiger partial charge in [0.05, 0.1) is 11.1 Å². The maximum Gasteiger partial charge on any atom is 0.387 e. The van der Waals surface area contributed by atoms with Gasteiger partial charge in [0.2, 0.25) is 5.95 Å². The number of piperidine rings is 1. The van der Waals surface area contributed by atoms with E-state index in [1.807, 2.05) is 35.4 Å². The molecule has 1 N–H and O–H groups in total. The van der Waals surface area contributed by atoms with Gasteiger partial charge >= 0.3 is 12.6 Å². The number of carboxylic acids is 1. The maximum atomic E-state index is 12.9. The summed E-state index contributed by atoms with van der Waals surface area (Å²) in [6, 6.07) is 8.76. The number of aliphatic carboxylic acids is 1. The van der Waals surface area contributed by atoms with Crippen LogP contribution in [0.5, 0.6) is 5.75 Å². The van der Waals surface area contributed by atoms with Crippen LogP contribution in [0.1, 0.15) is 35.4 Å². The van der Waals surface area contributed by atoms with E-state index in [1.165, 1.54) is 0 Å². The predicted molar refractivity (Wildman–Crippen MR) is 137 cm³/mol. The van der Waals surface area contributed by atoms with Crippen LogP contribution in [-0.2, 0) is 11.2 Å². The lowest BCUT2D eigenvalue weighted by Gasteiger charge is -2.30. The third kappa shape index (κ3) is 4.13. The highest BCUT2D eigenvalue weighted by molar-refractivity contribution is 5.80. The number of carboxylic acid groups (broad SMARTS) is 1. The lowest BCUT2D eigenvalue weighted by Crippen LogP contribution is -2.41. The smallest absolute Gasteiger partial charge is 0.387 e. The summed E-state index contributed by atoms with van der Waals surface area (Å²) in [7, 11) is 0. The molecule has 2 aliphatic rings. The van der Waals surface area contributed by atoms with Crippen LogP contribution in [0, 0.1) is 25.2 Å². The molecule has 1 aliphatic carbocycles. The molecule has 1 saturated heterocycles. The van der Waals surface area contributed by atoms with Gasteiger partial charge in [0.25, 0.3) is 0 Å². The molecule has 10 heteroatoms. The molecule has 2 unspecified atom stereocenters. The Morgan fingerprint density at radius 3 is 2.74 bits per heavy atom. The minimum Gasteiger partial charge on any atom is -0.481 e. The van der Waals surface area contributed by atoms with E-state index in [4.69, 9.17) is 9.72 Å². The quantitative estimate of drug-likeness (QED) is 0.371. The molecule has 4 aromatic rings. The summed E-state index contributed by atoms with van der Waals surface area (Å²) in [4.78, 5) is 27.6. The Bertz CT molecular complexity index is 1540. The van der Waals surface area contributed by atoms with Gasteiger partial charge in [0, 0.05) is 60.5 Å². The van der Waals surface area contributed by atoms with Gasteiger partial charge in [-0.05, 0) is 50.3 Å². The van der Waals surface area contributed by atoms with Crippen LogP contribution in [0.3, 0.4) is 0 Å². The predicted octanol–water partition coefficient (Wildman–Crippen LogP) is 4.90. The van der Waals surface area contributed by atoms with Crippen molar-refractivity contribution in [1.29, 1.82) is 0 Å². The standard InChI is InChI=1S/C28H27F2N5O3/c1-16-9-24-33-17(2)22(10-18-5-3-4-6-23(18)38-26(29)30)35(24)14-21(16)19-12-31-27(32-13-19)34-8-7-20-11-28(20,15-34)25(36)37/h3-6,9,12-14,20,26H,7-8,10-11,15H2,1-2H3,(H,36,37). The van der Waals surface area contributed by atoms with Crippen molar-refractivity contribution in [3.05, 3.63) is 71.4 Å². The molecule has 0 radical (unpaired) electrons. The molecule has 8 nitrogen and oxygen atoms in total. The minimum absolute atomic E-state index is 0.146. The molecule has 3 aromatic heterocycles. The molecule has 0 bridgehead atoms. The Labute approximate surface area is 217 Å². The molecule has 0 spiro atoms. The molecule has 1 aliphatic heterocycles. The number of halogens is 2. The number of fused-ring (bicyclic) bond motifs is 2. The van der Waals surface area contributed by atoms with E-state index in [2.05, 4.69) is 9.97 Å². The van der Waals surface area contributed by atoms with Crippen LogP contribution in [-0.4, -0.2) is 50.1 Å². The number of nitrogens with zero attached hydrogens (tertiary/aromatic N) is 5. The molecule has 4 heterocycles. The zero-order chi connectivity index (χ0) is 26.6. The SMILES string of the molecule is Cc1cc2nc(C)c(Cc3ccccc3OC(F)F)n2cc1-c1cnc(N2CCC3CC3(C(=O)O)C2)nc1. The summed E-state index contributed by atoms with van der Waals surface area (Å²) in [5.74, 6) is 0.204. The van der Waals surface area contributed by atoms with E-state index in [1.54, 1.807) is 36.7 Å². The third-order valence-corrected chi connectivity index (χ3v) is 7.92. The molecule has 0 amide bonds. The van der Waals surface area contributed by atoms with Crippen molar-refractivity contribution in [2.75, 3.05) is 18.0 Å². The molecule has 38 heavy (non-hydrogen) atoms. The highest BCUT2D eigenvalue weighted by Crippen LogP contribution is 2.57. The zero-order valence-corrected chi connectivity index (χ0v) is 21.1. The Balaban J connectivity index is 1.31. The molecule has 6 rings (SSSR count). The number of hydrogen-bond acceptors (Lipinski definition) is 6. The van der Waals surface area contributed by atoms with Crippen LogP contribution < -0.4 is 9.64 Å². The number of pyridine rings is 1. The van der Waals surface area contributed by atoms with Crippen LogP contribution in [0.25, 0.3) is 16.8 Å². The van der Waals surface area contributed by atoms with E-state index < -0.39 is 18.0 Å². The van der Waals surface area contributed by atoms with Crippen molar-refractivity contribution in [3.8, 4) is 16.9 Å². The molecular formula is C28H27F2N5O3.